The molecule has 0 saturated carbocycles. The van der Waals surface area contributed by atoms with Crippen LogP contribution in [0.3, 0.4) is 0 Å². The average Bonchev–Trinajstić information content (AvgIpc) is 2.99. The first-order chi connectivity index (χ1) is 8.70. The van der Waals surface area contributed by atoms with Crippen LogP contribution in [0.2, 0.25) is 0 Å². The molecule has 2 saturated heterocycles. The largest absolute Gasteiger partial charge is 0.497 e. The lowest BCUT2D eigenvalue weighted by molar-refractivity contribution is -0.142. The van der Waals surface area contributed by atoms with Crippen molar-refractivity contribution in [3.63, 3.8) is 0 Å². The lowest BCUT2D eigenvalue weighted by Gasteiger charge is -2.26. The summed E-state index contributed by atoms with van der Waals surface area (Å²) in [6, 6.07) is 8.23. The summed E-state index contributed by atoms with van der Waals surface area (Å²) in [5.74, 6) is -0.0819. The van der Waals surface area contributed by atoms with Crippen LogP contribution in [0.1, 0.15) is 24.3 Å². The Kier molecular flexibility index (Phi) is 2.74. The predicted molar refractivity (Wildman–Crippen MR) is 66.8 cm³/mol. The Balaban J connectivity index is 1.91. The van der Waals surface area contributed by atoms with Gasteiger partial charge in [-0.05, 0) is 30.5 Å². The van der Waals surface area contributed by atoms with Crippen molar-refractivity contribution in [2.45, 2.75) is 30.8 Å². The molecule has 4 unspecified atom stereocenters. The molecule has 0 radical (unpaired) electrons. The summed E-state index contributed by atoms with van der Waals surface area (Å²) in [5, 5.41) is 12.8. The van der Waals surface area contributed by atoms with Crippen molar-refractivity contribution in [3.8, 4) is 5.75 Å². The van der Waals surface area contributed by atoms with Crippen LogP contribution >= 0.6 is 0 Å². The highest BCUT2D eigenvalue weighted by atomic mass is 16.5. The maximum Gasteiger partial charge on any atom is 0.308 e. The topological polar surface area (TPSA) is 58.6 Å². The number of carboxylic acids is 1. The molecule has 2 bridgehead atoms. The van der Waals surface area contributed by atoms with Crippen molar-refractivity contribution in [1.82, 2.24) is 5.32 Å². The Labute approximate surface area is 106 Å². The average molecular weight is 247 g/mol. The Morgan fingerprint density at radius 1 is 1.28 bits per heavy atom. The Morgan fingerprint density at radius 3 is 2.56 bits per heavy atom. The van der Waals surface area contributed by atoms with Crippen molar-refractivity contribution in [3.05, 3.63) is 29.8 Å². The SMILES string of the molecule is COc1ccc(C2C3CCC(N3)C2C(=O)O)cc1. The van der Waals surface area contributed by atoms with E-state index in [0.717, 1.165) is 24.2 Å². The quantitative estimate of drug-likeness (QED) is 0.852. The standard InChI is InChI=1S/C14H17NO3/c1-18-9-4-2-8(3-5-9)12-10-6-7-11(15-10)13(12)14(16)17/h2-5,10-13,15H,6-7H2,1H3,(H,16,17). The van der Waals surface area contributed by atoms with Crippen LogP contribution in [-0.4, -0.2) is 30.3 Å². The molecule has 4 nitrogen and oxygen atoms in total. The number of carboxylic acid groups (broad SMARTS) is 1. The van der Waals surface area contributed by atoms with Crippen molar-refractivity contribution >= 4 is 5.97 Å². The number of carbonyl (C=O) groups is 1. The molecule has 4 heteroatoms. The summed E-state index contributed by atoms with van der Waals surface area (Å²) in [7, 11) is 1.63. The zero-order valence-electron chi connectivity index (χ0n) is 10.3. The third kappa shape index (κ3) is 1.68. The Bertz CT molecular complexity index is 457. The summed E-state index contributed by atoms with van der Waals surface area (Å²) < 4.78 is 5.14. The third-order valence-electron chi connectivity index (χ3n) is 4.26. The molecule has 0 aliphatic carbocycles. The zero-order valence-corrected chi connectivity index (χ0v) is 10.3. The van der Waals surface area contributed by atoms with Crippen LogP contribution in [0.4, 0.5) is 0 Å². The lowest BCUT2D eigenvalue weighted by atomic mass is 9.75. The number of rotatable bonds is 3. The van der Waals surface area contributed by atoms with Gasteiger partial charge in [-0.15, -0.1) is 0 Å². The minimum absolute atomic E-state index is 0.0900. The van der Waals surface area contributed by atoms with Gasteiger partial charge in [0, 0.05) is 18.0 Å². The maximum atomic E-state index is 11.4. The molecule has 1 aromatic carbocycles. The minimum atomic E-state index is -0.685. The first-order valence-corrected chi connectivity index (χ1v) is 6.33. The number of fused-ring (bicyclic) bond motifs is 2. The van der Waals surface area contributed by atoms with E-state index < -0.39 is 5.97 Å². The molecule has 0 aromatic heterocycles. The molecule has 0 spiro atoms. The Hall–Kier alpha value is -1.55. The molecule has 0 amide bonds. The smallest absolute Gasteiger partial charge is 0.308 e. The normalized spacial score (nSPS) is 33.6. The zero-order chi connectivity index (χ0) is 12.7. The number of ether oxygens (including phenoxy) is 1. The lowest BCUT2D eigenvalue weighted by Crippen LogP contribution is -2.32. The fourth-order valence-corrected chi connectivity index (χ4v) is 3.46. The Morgan fingerprint density at radius 2 is 1.94 bits per heavy atom. The van der Waals surface area contributed by atoms with Gasteiger partial charge in [-0.2, -0.15) is 0 Å². The second-order valence-corrected chi connectivity index (χ2v) is 5.12. The van der Waals surface area contributed by atoms with Gasteiger partial charge in [-0.3, -0.25) is 4.79 Å². The van der Waals surface area contributed by atoms with Crippen LogP contribution < -0.4 is 10.1 Å². The number of hydrogen-bond acceptors (Lipinski definition) is 3. The van der Waals surface area contributed by atoms with E-state index in [9.17, 15) is 9.90 Å². The molecular formula is C14H17NO3. The molecule has 2 aliphatic heterocycles. The van der Waals surface area contributed by atoms with Crippen LogP contribution in [0.15, 0.2) is 24.3 Å². The van der Waals surface area contributed by atoms with E-state index in [1.54, 1.807) is 7.11 Å². The molecule has 2 N–H and O–H groups in total. The van der Waals surface area contributed by atoms with E-state index in [4.69, 9.17) is 4.74 Å². The molecule has 4 atom stereocenters. The molecule has 96 valence electrons. The first kappa shape index (κ1) is 11.5. The predicted octanol–water partition coefficient (Wildman–Crippen LogP) is 1.61. The fourth-order valence-electron chi connectivity index (χ4n) is 3.46. The molecule has 1 aromatic rings. The third-order valence-corrected chi connectivity index (χ3v) is 4.26. The van der Waals surface area contributed by atoms with Crippen molar-refractivity contribution in [2.24, 2.45) is 5.92 Å². The second kappa shape index (κ2) is 4.28. The highest BCUT2D eigenvalue weighted by Crippen LogP contribution is 2.44. The van der Waals surface area contributed by atoms with Crippen LogP contribution in [0.5, 0.6) is 5.75 Å². The summed E-state index contributed by atoms with van der Waals surface area (Å²) in [5.41, 5.74) is 1.10. The van der Waals surface area contributed by atoms with E-state index in [2.05, 4.69) is 5.32 Å². The van der Waals surface area contributed by atoms with Gasteiger partial charge < -0.3 is 15.2 Å². The van der Waals surface area contributed by atoms with Gasteiger partial charge >= 0.3 is 5.97 Å². The van der Waals surface area contributed by atoms with Gasteiger partial charge in [-0.1, -0.05) is 12.1 Å². The second-order valence-electron chi connectivity index (χ2n) is 5.12. The summed E-state index contributed by atoms with van der Waals surface area (Å²) in [6.45, 7) is 0. The van der Waals surface area contributed by atoms with Gasteiger partial charge in [0.2, 0.25) is 0 Å². The fraction of sp³-hybridized carbons (Fsp3) is 0.500. The highest BCUT2D eigenvalue weighted by Gasteiger charge is 2.51. The molecule has 18 heavy (non-hydrogen) atoms. The minimum Gasteiger partial charge on any atom is -0.497 e. The van der Waals surface area contributed by atoms with Crippen LogP contribution in [0.25, 0.3) is 0 Å². The van der Waals surface area contributed by atoms with Crippen LogP contribution in [0, 0.1) is 5.92 Å². The van der Waals surface area contributed by atoms with Crippen molar-refractivity contribution in [2.75, 3.05) is 7.11 Å². The molecule has 2 aliphatic rings. The van der Waals surface area contributed by atoms with Gasteiger partial charge in [0.05, 0.1) is 13.0 Å². The first-order valence-electron chi connectivity index (χ1n) is 6.33. The van der Waals surface area contributed by atoms with E-state index in [0.29, 0.717) is 6.04 Å². The maximum absolute atomic E-state index is 11.4. The monoisotopic (exact) mass is 247 g/mol. The van der Waals surface area contributed by atoms with Crippen molar-refractivity contribution in [1.29, 1.82) is 0 Å². The highest BCUT2D eigenvalue weighted by molar-refractivity contribution is 5.73. The van der Waals surface area contributed by atoms with E-state index in [-0.39, 0.29) is 17.9 Å². The molecule has 2 heterocycles. The molecule has 3 rings (SSSR count). The van der Waals surface area contributed by atoms with E-state index in [1.165, 1.54) is 0 Å². The summed E-state index contributed by atoms with van der Waals surface area (Å²) >= 11 is 0. The number of hydrogen-bond donors (Lipinski definition) is 2. The van der Waals surface area contributed by atoms with Crippen LogP contribution in [-0.2, 0) is 4.79 Å². The van der Waals surface area contributed by atoms with E-state index in [1.807, 2.05) is 24.3 Å². The van der Waals surface area contributed by atoms with Gasteiger partial charge in [0.1, 0.15) is 5.75 Å². The van der Waals surface area contributed by atoms with Gasteiger partial charge in [-0.25, -0.2) is 0 Å². The number of methoxy groups -OCH3 is 1. The molecule has 2 fully saturated rings. The van der Waals surface area contributed by atoms with Gasteiger partial charge in [0.15, 0.2) is 0 Å². The number of nitrogens with one attached hydrogen (secondary N) is 1. The summed E-state index contributed by atoms with van der Waals surface area (Å²) in [4.78, 5) is 11.4. The van der Waals surface area contributed by atoms with Crippen molar-refractivity contribution < 1.29 is 14.6 Å². The van der Waals surface area contributed by atoms with Gasteiger partial charge in [0.25, 0.3) is 0 Å². The number of aliphatic carboxylic acids is 1. The number of benzene rings is 1. The van der Waals surface area contributed by atoms with E-state index >= 15 is 0 Å². The molecular weight excluding hydrogens is 230 g/mol. The summed E-state index contributed by atoms with van der Waals surface area (Å²) in [6.07, 6.45) is 2.05.